The zero-order valence-electron chi connectivity index (χ0n) is 12.7. The Morgan fingerprint density at radius 3 is 2.95 bits per heavy atom. The normalized spacial score (nSPS) is 57.7. The minimum absolute atomic E-state index is 0.212. The van der Waals surface area contributed by atoms with Crippen LogP contribution in [0.5, 0.6) is 0 Å². The molecule has 0 spiro atoms. The van der Waals surface area contributed by atoms with Crippen molar-refractivity contribution < 1.29 is 14.6 Å². The van der Waals surface area contributed by atoms with E-state index in [0.717, 1.165) is 30.8 Å². The minimum Gasteiger partial charge on any atom is -0.385 e. The van der Waals surface area contributed by atoms with E-state index < -0.39 is 5.60 Å². The Balaban J connectivity index is 1.51. The topological polar surface area (TPSA) is 49.8 Å². The first-order chi connectivity index (χ1) is 10.0. The van der Waals surface area contributed by atoms with Crippen LogP contribution in [0.2, 0.25) is 0 Å². The Labute approximate surface area is 125 Å². The highest BCUT2D eigenvalue weighted by molar-refractivity contribution is 5.92. The molecule has 0 aromatic rings. The van der Waals surface area contributed by atoms with E-state index in [2.05, 4.69) is 6.92 Å². The van der Waals surface area contributed by atoms with Gasteiger partial charge in [-0.05, 0) is 73.3 Å². The van der Waals surface area contributed by atoms with Crippen molar-refractivity contribution in [2.24, 2.45) is 23.2 Å². The third-order valence-corrected chi connectivity index (χ3v) is 7.60. The lowest BCUT2D eigenvalue weighted by Gasteiger charge is -2.56. The van der Waals surface area contributed by atoms with Crippen LogP contribution in [-0.2, 0) is 9.53 Å². The van der Waals surface area contributed by atoms with Gasteiger partial charge in [0.1, 0.15) is 0 Å². The molecule has 4 fully saturated rings. The highest BCUT2D eigenvalue weighted by atomic mass is 16.6. The second-order valence-electron chi connectivity index (χ2n) is 8.35. The van der Waals surface area contributed by atoms with Gasteiger partial charge in [0, 0.05) is 6.42 Å². The van der Waals surface area contributed by atoms with Crippen molar-refractivity contribution in [3.8, 4) is 0 Å². The predicted molar refractivity (Wildman–Crippen MR) is 77.6 cm³/mol. The number of ether oxygens (including phenoxy) is 1. The van der Waals surface area contributed by atoms with E-state index in [-0.39, 0.29) is 5.78 Å². The number of ketones is 1. The molecular weight excluding hydrogens is 264 g/mol. The second-order valence-corrected chi connectivity index (χ2v) is 8.35. The quantitative estimate of drug-likeness (QED) is 0.697. The summed E-state index contributed by atoms with van der Waals surface area (Å²) in [7, 11) is 0. The summed E-state index contributed by atoms with van der Waals surface area (Å²) in [5.41, 5.74) is 0.725. The van der Waals surface area contributed by atoms with Crippen LogP contribution in [0.3, 0.4) is 0 Å². The fourth-order valence-electron chi connectivity index (χ4n) is 6.48. The molecule has 0 aromatic heterocycles. The van der Waals surface area contributed by atoms with Crippen LogP contribution in [-0.4, -0.2) is 28.7 Å². The molecule has 3 nitrogen and oxygen atoms in total. The zero-order valence-corrected chi connectivity index (χ0v) is 12.7. The third kappa shape index (κ3) is 1.49. The van der Waals surface area contributed by atoms with Gasteiger partial charge in [-0.25, -0.2) is 0 Å². The average Bonchev–Trinajstić information content (AvgIpc) is 3.17. The molecule has 0 radical (unpaired) electrons. The van der Waals surface area contributed by atoms with Gasteiger partial charge in [0.05, 0.1) is 17.8 Å². The molecule has 0 bridgehead atoms. The summed E-state index contributed by atoms with van der Waals surface area (Å²) in [6.45, 7) is 2.42. The van der Waals surface area contributed by atoms with E-state index in [1.165, 1.54) is 12.8 Å². The van der Waals surface area contributed by atoms with Gasteiger partial charge in [-0.2, -0.15) is 0 Å². The summed E-state index contributed by atoms with van der Waals surface area (Å²) in [5.74, 6) is 1.95. The van der Waals surface area contributed by atoms with Crippen molar-refractivity contribution in [1.29, 1.82) is 0 Å². The maximum atomic E-state index is 11.7. The van der Waals surface area contributed by atoms with Gasteiger partial charge in [0.2, 0.25) is 0 Å². The number of epoxide rings is 1. The standard InChI is InChI=1S/C18H24O3/c1-17-6-5-13-12(14(17)9-15-16(17)21-15)3-2-10-8-11(19)4-7-18(10,13)20/h8,12-16,20H,2-7,9H2,1H3/t12-,13+,14+,15-,16-,17+,18?/m1/s1. The van der Waals surface area contributed by atoms with E-state index in [1.807, 2.05) is 0 Å². The first kappa shape index (κ1) is 12.8. The van der Waals surface area contributed by atoms with Gasteiger partial charge in [-0.15, -0.1) is 0 Å². The Bertz CT molecular complexity index is 553. The van der Waals surface area contributed by atoms with Crippen molar-refractivity contribution in [2.75, 3.05) is 0 Å². The number of fused-ring (bicyclic) bond motifs is 7. The van der Waals surface area contributed by atoms with Crippen molar-refractivity contribution in [3.63, 3.8) is 0 Å². The molecule has 1 N–H and O–H groups in total. The van der Waals surface area contributed by atoms with Crippen LogP contribution in [0, 0.1) is 23.2 Å². The molecule has 3 heteroatoms. The number of rotatable bonds is 0. The number of aliphatic hydroxyl groups is 1. The van der Waals surface area contributed by atoms with Crippen molar-refractivity contribution in [1.82, 2.24) is 0 Å². The minimum atomic E-state index is -0.675. The molecule has 3 saturated carbocycles. The lowest BCUT2D eigenvalue weighted by Crippen LogP contribution is -2.55. The third-order valence-electron chi connectivity index (χ3n) is 7.60. The smallest absolute Gasteiger partial charge is 0.155 e. The van der Waals surface area contributed by atoms with E-state index in [4.69, 9.17) is 4.74 Å². The molecule has 1 aliphatic heterocycles. The number of hydrogen-bond acceptors (Lipinski definition) is 3. The maximum Gasteiger partial charge on any atom is 0.155 e. The molecule has 1 saturated heterocycles. The Hall–Kier alpha value is -0.670. The molecule has 1 heterocycles. The molecule has 7 atom stereocenters. The maximum absolute atomic E-state index is 11.7. The van der Waals surface area contributed by atoms with E-state index >= 15 is 0 Å². The summed E-state index contributed by atoms with van der Waals surface area (Å²) >= 11 is 0. The van der Waals surface area contributed by atoms with Gasteiger partial charge in [-0.1, -0.05) is 6.92 Å². The van der Waals surface area contributed by atoms with E-state index in [9.17, 15) is 9.90 Å². The number of hydrogen-bond donors (Lipinski definition) is 1. The fourth-order valence-corrected chi connectivity index (χ4v) is 6.48. The van der Waals surface area contributed by atoms with Gasteiger partial charge in [-0.3, -0.25) is 4.79 Å². The van der Waals surface area contributed by atoms with Crippen molar-refractivity contribution in [3.05, 3.63) is 11.6 Å². The SMILES string of the molecule is C[C@]12CC[C@H]3[C@@H](CCC4=CC(=O)CCC43O)[C@@H]1C[C@H]1O[C@H]12. The first-order valence-corrected chi connectivity index (χ1v) is 8.64. The van der Waals surface area contributed by atoms with E-state index in [1.54, 1.807) is 6.08 Å². The lowest BCUT2D eigenvalue weighted by atomic mass is 9.50. The highest BCUT2D eigenvalue weighted by Gasteiger charge is 2.68. The lowest BCUT2D eigenvalue weighted by molar-refractivity contribution is -0.128. The Morgan fingerprint density at radius 2 is 2.10 bits per heavy atom. The van der Waals surface area contributed by atoms with Crippen molar-refractivity contribution in [2.45, 2.75) is 69.7 Å². The average molecular weight is 288 g/mol. The zero-order chi connectivity index (χ0) is 14.4. The van der Waals surface area contributed by atoms with Gasteiger partial charge < -0.3 is 9.84 Å². The second kappa shape index (κ2) is 3.80. The summed E-state index contributed by atoms with van der Waals surface area (Å²) < 4.78 is 5.83. The van der Waals surface area contributed by atoms with E-state index in [0.29, 0.717) is 42.3 Å². The van der Waals surface area contributed by atoms with Crippen LogP contribution in [0.25, 0.3) is 0 Å². The molecule has 114 valence electrons. The Morgan fingerprint density at radius 1 is 1.24 bits per heavy atom. The summed E-state index contributed by atoms with van der Waals surface area (Å²) in [5, 5.41) is 11.3. The van der Waals surface area contributed by atoms with Crippen LogP contribution in [0.4, 0.5) is 0 Å². The number of carbonyl (C=O) groups is 1. The Kier molecular flexibility index (Phi) is 2.32. The van der Waals surface area contributed by atoms with Gasteiger partial charge >= 0.3 is 0 Å². The first-order valence-electron chi connectivity index (χ1n) is 8.64. The monoisotopic (exact) mass is 288 g/mol. The van der Waals surface area contributed by atoms with Gasteiger partial charge in [0.25, 0.3) is 0 Å². The number of carbonyl (C=O) groups excluding carboxylic acids is 1. The molecular formula is C18H24O3. The summed E-state index contributed by atoms with van der Waals surface area (Å²) in [6.07, 6.45) is 9.54. The van der Waals surface area contributed by atoms with Crippen LogP contribution >= 0.6 is 0 Å². The van der Waals surface area contributed by atoms with Crippen molar-refractivity contribution >= 4 is 5.78 Å². The molecule has 0 amide bonds. The summed E-state index contributed by atoms with van der Waals surface area (Å²) in [4.78, 5) is 11.7. The molecule has 5 rings (SSSR count). The fraction of sp³-hybridized carbons (Fsp3) is 0.833. The van der Waals surface area contributed by atoms with Crippen LogP contribution in [0.15, 0.2) is 11.6 Å². The molecule has 1 unspecified atom stereocenters. The summed E-state index contributed by atoms with van der Waals surface area (Å²) in [6, 6.07) is 0. The highest BCUT2D eigenvalue weighted by Crippen LogP contribution is 2.67. The van der Waals surface area contributed by atoms with Gasteiger partial charge in [0.15, 0.2) is 5.78 Å². The predicted octanol–water partition coefficient (Wildman–Crippen LogP) is 2.62. The molecule has 5 aliphatic rings. The largest absolute Gasteiger partial charge is 0.385 e. The molecule has 0 aromatic carbocycles. The van der Waals surface area contributed by atoms with Crippen LogP contribution in [0.1, 0.15) is 51.9 Å². The molecule has 21 heavy (non-hydrogen) atoms. The molecule has 4 aliphatic carbocycles. The van der Waals surface area contributed by atoms with Crippen LogP contribution < -0.4 is 0 Å².